The molecular weight excluding hydrogens is 470 g/mol. The zero-order chi connectivity index (χ0) is 25.4. The second-order valence-corrected chi connectivity index (χ2v) is 8.37. The van der Waals surface area contributed by atoms with Crippen molar-refractivity contribution in [1.29, 1.82) is 0 Å². The van der Waals surface area contributed by atoms with Gasteiger partial charge < -0.3 is 21.1 Å². The number of carbonyl (C=O) groups excluding carboxylic acids is 2. The van der Waals surface area contributed by atoms with Gasteiger partial charge in [-0.15, -0.1) is 0 Å². The number of rotatable bonds is 10. The molecule has 0 aliphatic carbocycles. The third kappa shape index (κ3) is 7.14. The highest BCUT2D eigenvalue weighted by Gasteiger charge is 2.14. The maximum Gasteiger partial charge on any atom is 0.270 e. The lowest BCUT2D eigenvalue weighted by atomic mass is 10.1. The molecule has 2 aromatic carbocycles. The van der Waals surface area contributed by atoms with Crippen molar-refractivity contribution < 1.29 is 14.3 Å². The molecule has 0 fully saturated rings. The van der Waals surface area contributed by atoms with Crippen LogP contribution in [0.15, 0.2) is 53.5 Å². The Bertz CT molecular complexity index is 1270. The minimum absolute atomic E-state index is 0.0854. The number of nitrogens with zero attached hydrogens (tertiary/aromatic N) is 2. The van der Waals surface area contributed by atoms with Gasteiger partial charge in [-0.3, -0.25) is 14.4 Å². The number of amides is 2. The molecule has 0 bridgehead atoms. The van der Waals surface area contributed by atoms with Crippen LogP contribution in [0.2, 0.25) is 5.02 Å². The Kier molecular flexibility index (Phi) is 8.99. The number of ether oxygens (including phenoxy) is 1. The third-order valence-electron chi connectivity index (χ3n) is 5.32. The lowest BCUT2D eigenvalue weighted by Crippen LogP contribution is -2.33. The standard InChI is InChI=1S/C25H28ClN5O4/c1-16-14-29-31(9-10-35-23-6-4-3-5-22(23)30-17(2)32)25(34)21(16)12-24(33)28-15-19-11-20(26)8-7-18(19)13-27/h3-8,11,14H,9-10,12-13,15,27H2,1-2H3,(H,28,33)(H,30,32). The summed E-state index contributed by atoms with van der Waals surface area (Å²) in [6, 6.07) is 12.4. The second-order valence-electron chi connectivity index (χ2n) is 7.93. The van der Waals surface area contributed by atoms with Crippen molar-refractivity contribution in [2.24, 2.45) is 5.73 Å². The number of hydrogen-bond acceptors (Lipinski definition) is 6. The zero-order valence-electron chi connectivity index (χ0n) is 19.6. The summed E-state index contributed by atoms with van der Waals surface area (Å²) < 4.78 is 7.02. The zero-order valence-corrected chi connectivity index (χ0v) is 20.4. The average molecular weight is 498 g/mol. The van der Waals surface area contributed by atoms with Gasteiger partial charge in [0.25, 0.3) is 5.56 Å². The maximum atomic E-state index is 13.0. The van der Waals surface area contributed by atoms with Crippen LogP contribution in [0, 0.1) is 6.92 Å². The molecule has 1 aromatic heterocycles. The molecule has 0 atom stereocenters. The number of nitrogens with two attached hydrogens (primary N) is 1. The maximum absolute atomic E-state index is 13.0. The lowest BCUT2D eigenvalue weighted by Gasteiger charge is -2.13. The van der Waals surface area contributed by atoms with Crippen molar-refractivity contribution in [3.8, 4) is 5.75 Å². The van der Waals surface area contributed by atoms with Crippen LogP contribution in [0.5, 0.6) is 5.75 Å². The number of para-hydroxylation sites is 2. The van der Waals surface area contributed by atoms with E-state index >= 15 is 0 Å². The van der Waals surface area contributed by atoms with Gasteiger partial charge in [-0.05, 0) is 47.9 Å². The smallest absolute Gasteiger partial charge is 0.270 e. The Morgan fingerprint density at radius 3 is 2.69 bits per heavy atom. The topological polar surface area (TPSA) is 128 Å². The van der Waals surface area contributed by atoms with Crippen LogP contribution in [0.25, 0.3) is 0 Å². The number of anilines is 1. The van der Waals surface area contributed by atoms with Crippen molar-refractivity contribution >= 4 is 29.1 Å². The lowest BCUT2D eigenvalue weighted by molar-refractivity contribution is -0.120. The molecule has 0 radical (unpaired) electrons. The van der Waals surface area contributed by atoms with Crippen LogP contribution in [0.1, 0.15) is 29.2 Å². The van der Waals surface area contributed by atoms with Crippen LogP contribution in [0.3, 0.4) is 0 Å². The predicted octanol–water partition coefficient (Wildman–Crippen LogP) is 2.56. The number of aryl methyl sites for hydroxylation is 1. The molecule has 3 aromatic rings. The third-order valence-corrected chi connectivity index (χ3v) is 5.55. The van der Waals surface area contributed by atoms with E-state index in [1.165, 1.54) is 11.6 Å². The fourth-order valence-electron chi connectivity index (χ4n) is 3.49. The molecule has 0 aliphatic heterocycles. The molecule has 10 heteroatoms. The van der Waals surface area contributed by atoms with Gasteiger partial charge in [0.15, 0.2) is 0 Å². The van der Waals surface area contributed by atoms with Gasteiger partial charge in [-0.25, -0.2) is 4.68 Å². The van der Waals surface area contributed by atoms with Crippen LogP contribution in [-0.4, -0.2) is 28.2 Å². The number of aromatic nitrogens is 2. The first-order chi connectivity index (χ1) is 16.8. The van der Waals surface area contributed by atoms with Crippen LogP contribution < -0.4 is 26.7 Å². The number of nitrogens with one attached hydrogen (secondary N) is 2. The van der Waals surface area contributed by atoms with E-state index in [2.05, 4.69) is 15.7 Å². The molecule has 35 heavy (non-hydrogen) atoms. The van der Waals surface area contributed by atoms with E-state index in [1.807, 2.05) is 6.07 Å². The van der Waals surface area contributed by atoms with Gasteiger partial charge in [0.2, 0.25) is 11.8 Å². The monoisotopic (exact) mass is 497 g/mol. The van der Waals surface area contributed by atoms with Gasteiger partial charge in [-0.2, -0.15) is 5.10 Å². The van der Waals surface area contributed by atoms with E-state index < -0.39 is 0 Å². The predicted molar refractivity (Wildman–Crippen MR) is 134 cm³/mol. The van der Waals surface area contributed by atoms with Crippen LogP contribution in [-0.2, 0) is 35.6 Å². The minimum Gasteiger partial charge on any atom is -0.489 e. The summed E-state index contributed by atoms with van der Waals surface area (Å²) in [7, 11) is 0. The van der Waals surface area contributed by atoms with Gasteiger partial charge >= 0.3 is 0 Å². The summed E-state index contributed by atoms with van der Waals surface area (Å²) >= 11 is 6.06. The van der Waals surface area contributed by atoms with Crippen molar-refractivity contribution in [1.82, 2.24) is 15.1 Å². The summed E-state index contributed by atoms with van der Waals surface area (Å²) in [4.78, 5) is 37.0. The molecule has 0 unspecified atom stereocenters. The van der Waals surface area contributed by atoms with Crippen LogP contribution in [0.4, 0.5) is 5.69 Å². The number of halogens is 1. The average Bonchev–Trinajstić information content (AvgIpc) is 2.82. The molecule has 1 heterocycles. The van der Waals surface area contributed by atoms with Crippen molar-refractivity contribution in [2.45, 2.75) is 39.9 Å². The number of benzene rings is 2. The van der Waals surface area contributed by atoms with Crippen molar-refractivity contribution in [2.75, 3.05) is 11.9 Å². The van der Waals surface area contributed by atoms with Gasteiger partial charge in [-0.1, -0.05) is 29.8 Å². The Morgan fingerprint density at radius 2 is 1.94 bits per heavy atom. The molecule has 0 spiro atoms. The summed E-state index contributed by atoms with van der Waals surface area (Å²) in [5, 5.41) is 10.3. The van der Waals surface area contributed by atoms with E-state index in [0.29, 0.717) is 34.1 Å². The number of hydrogen-bond donors (Lipinski definition) is 3. The molecule has 184 valence electrons. The van der Waals surface area contributed by atoms with E-state index in [1.54, 1.807) is 49.5 Å². The molecular formula is C25H28ClN5O4. The molecule has 2 amide bonds. The first kappa shape index (κ1) is 25.9. The van der Waals surface area contributed by atoms with E-state index in [9.17, 15) is 14.4 Å². The summed E-state index contributed by atoms with van der Waals surface area (Å²) in [6.45, 7) is 4.06. The fourth-order valence-corrected chi connectivity index (χ4v) is 3.68. The van der Waals surface area contributed by atoms with Gasteiger partial charge in [0, 0.05) is 30.6 Å². The van der Waals surface area contributed by atoms with Crippen molar-refractivity contribution in [3.63, 3.8) is 0 Å². The Morgan fingerprint density at radius 1 is 1.17 bits per heavy atom. The normalized spacial score (nSPS) is 10.6. The van der Waals surface area contributed by atoms with Gasteiger partial charge in [0.1, 0.15) is 12.4 Å². The summed E-state index contributed by atoms with van der Waals surface area (Å²) in [5.74, 6) is -0.0262. The van der Waals surface area contributed by atoms with Gasteiger partial charge in [0.05, 0.1) is 24.8 Å². The molecule has 0 saturated carbocycles. The first-order valence-corrected chi connectivity index (χ1v) is 11.5. The highest BCUT2D eigenvalue weighted by molar-refractivity contribution is 6.30. The summed E-state index contributed by atoms with van der Waals surface area (Å²) in [6.07, 6.45) is 1.47. The van der Waals surface area contributed by atoms with E-state index in [0.717, 1.165) is 11.1 Å². The molecule has 9 nitrogen and oxygen atoms in total. The molecule has 3 rings (SSSR count). The Labute approximate surface area is 208 Å². The highest BCUT2D eigenvalue weighted by Crippen LogP contribution is 2.23. The van der Waals surface area contributed by atoms with Crippen LogP contribution >= 0.6 is 11.6 Å². The number of carbonyl (C=O) groups is 2. The first-order valence-electron chi connectivity index (χ1n) is 11.1. The Balaban J connectivity index is 1.64. The molecule has 0 aliphatic rings. The second kappa shape index (κ2) is 12.1. The largest absolute Gasteiger partial charge is 0.489 e. The van der Waals surface area contributed by atoms with Crippen molar-refractivity contribution in [3.05, 3.63) is 86.3 Å². The highest BCUT2D eigenvalue weighted by atomic mass is 35.5. The molecule has 0 saturated heterocycles. The van der Waals surface area contributed by atoms with E-state index in [4.69, 9.17) is 22.1 Å². The molecule has 4 N–H and O–H groups in total. The quantitative estimate of drug-likeness (QED) is 0.395. The summed E-state index contributed by atoms with van der Waals surface area (Å²) in [5.41, 5.74) is 8.65. The SMILES string of the molecule is CC(=O)Nc1ccccc1OCCn1ncc(C)c(CC(=O)NCc2cc(Cl)ccc2CN)c1=O. The fraction of sp³-hybridized carbons (Fsp3) is 0.280. The van der Waals surface area contributed by atoms with E-state index in [-0.39, 0.29) is 43.5 Å². The Hall–Kier alpha value is -3.69. The minimum atomic E-state index is -0.357.